The zero-order chi connectivity index (χ0) is 27.3. The van der Waals surface area contributed by atoms with Crippen LogP contribution in [0.1, 0.15) is 16.4 Å². The van der Waals surface area contributed by atoms with E-state index in [1.165, 1.54) is 21.6 Å². The lowest BCUT2D eigenvalue weighted by Gasteiger charge is -2.30. The van der Waals surface area contributed by atoms with Gasteiger partial charge in [-0.3, -0.25) is 28.7 Å². The molecule has 0 bridgehead atoms. The predicted octanol–water partition coefficient (Wildman–Crippen LogP) is 4.21. The van der Waals surface area contributed by atoms with Gasteiger partial charge in [0.25, 0.3) is 0 Å². The van der Waals surface area contributed by atoms with Gasteiger partial charge in [0.15, 0.2) is 0 Å². The van der Waals surface area contributed by atoms with Crippen LogP contribution in [-0.2, 0) is 20.9 Å². The highest BCUT2D eigenvalue weighted by Crippen LogP contribution is 2.53. The predicted molar refractivity (Wildman–Crippen MR) is 151 cm³/mol. The molecule has 39 heavy (non-hydrogen) atoms. The Morgan fingerprint density at radius 3 is 2.46 bits per heavy atom. The lowest BCUT2D eigenvalue weighted by Crippen LogP contribution is -2.33. The molecular weight excluding hydrogens is 604 g/mol. The number of rotatable bonds is 5. The molecule has 196 valence electrons. The number of anilines is 2. The highest BCUT2D eigenvalue weighted by atomic mass is 79.9. The molecule has 1 fully saturated rings. The van der Waals surface area contributed by atoms with Crippen molar-refractivity contribution in [2.75, 3.05) is 10.2 Å². The fraction of sp³-hybridized carbons (Fsp3) is 0.148. The van der Waals surface area contributed by atoms with E-state index in [2.05, 4.69) is 26.2 Å². The minimum absolute atomic E-state index is 0.0662. The summed E-state index contributed by atoms with van der Waals surface area (Å²) in [4.78, 5) is 59.3. The number of thiazole rings is 1. The van der Waals surface area contributed by atoms with Crippen LogP contribution in [0.5, 0.6) is 5.75 Å². The maximum atomic E-state index is 13.8. The van der Waals surface area contributed by atoms with Gasteiger partial charge in [-0.05, 0) is 60.2 Å². The molecule has 2 aliphatic rings. The molecule has 2 aromatic heterocycles. The van der Waals surface area contributed by atoms with Crippen molar-refractivity contribution in [2.24, 2.45) is 5.92 Å². The average Bonchev–Trinajstić information content (AvgIpc) is 3.37. The number of halogens is 1. The zero-order valence-corrected chi connectivity index (χ0v) is 23.2. The molecular formula is C27H19BrN4O5S2. The van der Waals surface area contributed by atoms with Crippen molar-refractivity contribution in [3.05, 3.63) is 97.6 Å². The topological polar surface area (TPSA) is 122 Å². The first-order valence-corrected chi connectivity index (χ1v) is 14.3. The van der Waals surface area contributed by atoms with Crippen molar-refractivity contribution in [2.45, 2.75) is 22.7 Å². The summed E-state index contributed by atoms with van der Waals surface area (Å²) in [5.41, 5.74) is 1.66. The Bertz CT molecular complexity index is 1650. The van der Waals surface area contributed by atoms with E-state index < -0.39 is 23.0 Å². The molecule has 3 atom stereocenters. The Hall–Kier alpha value is -3.74. The van der Waals surface area contributed by atoms with Crippen LogP contribution in [0.15, 0.2) is 87.4 Å². The number of fused-ring (bicyclic) bond motifs is 2. The summed E-state index contributed by atoms with van der Waals surface area (Å²) in [7, 11) is 0. The summed E-state index contributed by atoms with van der Waals surface area (Å²) in [5.74, 6) is -2.38. The number of imide groups is 1. The summed E-state index contributed by atoms with van der Waals surface area (Å²) in [6.45, 7) is -0.270. The highest BCUT2D eigenvalue weighted by Gasteiger charge is 2.56. The number of aromatic nitrogens is 2. The Morgan fingerprint density at radius 2 is 1.77 bits per heavy atom. The van der Waals surface area contributed by atoms with E-state index in [-0.39, 0.29) is 29.0 Å². The Morgan fingerprint density at radius 1 is 1.03 bits per heavy atom. The van der Waals surface area contributed by atoms with Crippen LogP contribution in [0.4, 0.5) is 11.4 Å². The van der Waals surface area contributed by atoms with Crippen molar-refractivity contribution in [3.63, 3.8) is 0 Å². The summed E-state index contributed by atoms with van der Waals surface area (Å²) < 4.78 is 2.18. The van der Waals surface area contributed by atoms with Gasteiger partial charge >= 0.3 is 4.87 Å². The van der Waals surface area contributed by atoms with Gasteiger partial charge in [-0.25, -0.2) is 4.90 Å². The molecule has 4 aromatic rings. The van der Waals surface area contributed by atoms with E-state index in [1.807, 2.05) is 6.07 Å². The first-order valence-electron chi connectivity index (χ1n) is 11.8. The fourth-order valence-corrected chi connectivity index (χ4v) is 7.95. The number of nitrogens with zero attached hydrogens (tertiary/aromatic N) is 3. The number of carbonyl (C=O) groups excluding carboxylic acids is 3. The molecule has 9 nitrogen and oxygen atoms in total. The Kier molecular flexibility index (Phi) is 6.61. The van der Waals surface area contributed by atoms with Crippen molar-refractivity contribution in [1.82, 2.24) is 9.55 Å². The van der Waals surface area contributed by atoms with Crippen molar-refractivity contribution in [3.8, 4) is 5.75 Å². The van der Waals surface area contributed by atoms with E-state index in [1.54, 1.807) is 54.9 Å². The number of phenolic OH excluding ortho intramolecular Hbond substituents is 1. The second-order valence-corrected chi connectivity index (χ2v) is 12.1. The first kappa shape index (κ1) is 25.5. The zero-order valence-electron chi connectivity index (χ0n) is 20.0. The standard InChI is InChI=1S/C27H19BrN4O5S2/c28-15-3-7-17(8-4-15)32-24(35)21-20(14-2-1-11-29-12-14)23-26(38-22(21)25(32)36)31(27(37)39-23)13-19(34)30-16-5-9-18(33)10-6-16/h1-12,20-22,33H,13H2,(H,30,34)/t20-,21-,22+/m0/s1. The van der Waals surface area contributed by atoms with Crippen molar-refractivity contribution >= 4 is 68.1 Å². The third kappa shape index (κ3) is 4.58. The van der Waals surface area contributed by atoms with Gasteiger partial charge in [0.2, 0.25) is 17.7 Å². The van der Waals surface area contributed by atoms with Gasteiger partial charge in [-0.1, -0.05) is 45.1 Å². The normalized spacial score (nSPS) is 20.0. The summed E-state index contributed by atoms with van der Waals surface area (Å²) in [5, 5.41) is 11.9. The number of phenols is 1. The molecule has 0 spiro atoms. The maximum Gasteiger partial charge on any atom is 0.308 e. The molecule has 2 N–H and O–H groups in total. The van der Waals surface area contributed by atoms with Gasteiger partial charge in [0, 0.05) is 33.3 Å². The van der Waals surface area contributed by atoms with Crippen LogP contribution in [0.3, 0.4) is 0 Å². The van der Waals surface area contributed by atoms with Crippen LogP contribution in [0.2, 0.25) is 0 Å². The van der Waals surface area contributed by atoms with Crippen LogP contribution >= 0.6 is 39.0 Å². The average molecular weight is 624 g/mol. The van der Waals surface area contributed by atoms with Gasteiger partial charge in [0.1, 0.15) is 17.5 Å². The van der Waals surface area contributed by atoms with Crippen molar-refractivity contribution in [1.29, 1.82) is 0 Å². The number of thioether (sulfide) groups is 1. The van der Waals surface area contributed by atoms with Crippen molar-refractivity contribution < 1.29 is 19.5 Å². The lowest BCUT2D eigenvalue weighted by atomic mass is 9.84. The van der Waals surface area contributed by atoms with Crippen LogP contribution in [0.25, 0.3) is 0 Å². The smallest absolute Gasteiger partial charge is 0.308 e. The molecule has 0 aliphatic carbocycles. The van der Waals surface area contributed by atoms with E-state index in [9.17, 15) is 24.3 Å². The summed E-state index contributed by atoms with van der Waals surface area (Å²) in [6.07, 6.45) is 3.27. The second-order valence-electron chi connectivity index (χ2n) is 9.04. The Labute approximate surface area is 238 Å². The fourth-order valence-electron chi connectivity index (χ4n) is 4.91. The second kappa shape index (κ2) is 10.1. The lowest BCUT2D eigenvalue weighted by molar-refractivity contribution is -0.122. The number of carbonyl (C=O) groups is 3. The summed E-state index contributed by atoms with van der Waals surface area (Å²) >= 11 is 5.52. The third-order valence-electron chi connectivity index (χ3n) is 6.63. The number of hydrogen-bond acceptors (Lipinski definition) is 8. The van der Waals surface area contributed by atoms with E-state index in [0.717, 1.165) is 33.1 Å². The minimum Gasteiger partial charge on any atom is -0.508 e. The molecule has 4 heterocycles. The Balaban J connectivity index is 1.39. The SMILES string of the molecule is O=C(Cn1c2c(sc1=O)[C@@H](c1cccnc1)[C@@H]1C(=O)N(c3ccc(Br)cc3)C(=O)[C@@H]1S2)Nc1ccc(O)cc1. The number of amides is 3. The number of pyridine rings is 1. The maximum absolute atomic E-state index is 13.8. The number of hydrogen-bond donors (Lipinski definition) is 2. The largest absolute Gasteiger partial charge is 0.508 e. The molecule has 0 radical (unpaired) electrons. The van der Waals surface area contributed by atoms with Gasteiger partial charge < -0.3 is 10.4 Å². The van der Waals surface area contributed by atoms with E-state index in [0.29, 0.717) is 21.3 Å². The molecule has 2 aromatic carbocycles. The minimum atomic E-state index is -0.778. The molecule has 6 rings (SSSR count). The van der Waals surface area contributed by atoms with Crippen LogP contribution in [-0.4, -0.2) is 37.6 Å². The summed E-state index contributed by atoms with van der Waals surface area (Å²) in [6, 6.07) is 16.5. The molecule has 0 saturated carbocycles. The number of benzene rings is 2. The number of nitrogens with one attached hydrogen (secondary N) is 1. The third-order valence-corrected chi connectivity index (χ3v) is 9.76. The van der Waals surface area contributed by atoms with Crippen LogP contribution in [0, 0.1) is 5.92 Å². The number of aromatic hydroxyl groups is 1. The van der Waals surface area contributed by atoms with E-state index in [4.69, 9.17) is 0 Å². The quantitative estimate of drug-likeness (QED) is 0.253. The molecule has 1 saturated heterocycles. The molecule has 2 aliphatic heterocycles. The highest BCUT2D eigenvalue weighted by molar-refractivity contribution is 9.10. The molecule has 12 heteroatoms. The molecule has 0 unspecified atom stereocenters. The van der Waals surface area contributed by atoms with Gasteiger partial charge in [-0.15, -0.1) is 0 Å². The monoisotopic (exact) mass is 622 g/mol. The van der Waals surface area contributed by atoms with E-state index >= 15 is 0 Å². The van der Waals surface area contributed by atoms with Gasteiger partial charge in [0.05, 0.1) is 16.6 Å². The molecule has 3 amide bonds. The first-order chi connectivity index (χ1) is 18.8. The van der Waals surface area contributed by atoms with Crippen LogP contribution < -0.4 is 15.1 Å². The van der Waals surface area contributed by atoms with Gasteiger partial charge in [-0.2, -0.15) is 0 Å².